The van der Waals surface area contributed by atoms with Crippen molar-refractivity contribution in [2.75, 3.05) is 13.2 Å². The van der Waals surface area contributed by atoms with Crippen molar-refractivity contribution in [3.63, 3.8) is 0 Å². The molecular weight excluding hydrogens is 462 g/mol. The average Bonchev–Trinajstić information content (AvgIpc) is 3.60. The Hall–Kier alpha value is -0.310. The van der Waals surface area contributed by atoms with E-state index in [-0.39, 0.29) is 38.7 Å². The number of hydrogen-bond acceptors (Lipinski definition) is 11. The summed E-state index contributed by atoms with van der Waals surface area (Å²) in [7, 11) is -0.568. The van der Waals surface area contributed by atoms with Gasteiger partial charge < -0.3 is 51.8 Å². The molecule has 196 valence electrons. The highest BCUT2D eigenvalue weighted by molar-refractivity contribution is 6.45. The average molecular weight is 498 g/mol. The van der Waals surface area contributed by atoms with E-state index in [2.05, 4.69) is 0 Å². The predicted octanol–water partition coefficient (Wildman–Crippen LogP) is 1.34. The second-order valence-electron chi connectivity index (χ2n) is 10.9. The van der Waals surface area contributed by atoms with Crippen LogP contribution in [0.2, 0.25) is 12.6 Å². The number of hydrogen-bond donors (Lipinski definition) is 0. The molecule has 6 aliphatic rings. The maximum atomic E-state index is 6.63. The Morgan fingerprint density at radius 3 is 2.17 bits per heavy atom. The van der Waals surface area contributed by atoms with Crippen molar-refractivity contribution < 1.29 is 51.8 Å². The fourth-order valence-electron chi connectivity index (χ4n) is 5.78. The van der Waals surface area contributed by atoms with Gasteiger partial charge in [0, 0.05) is 0 Å². The Morgan fingerprint density at radius 1 is 0.714 bits per heavy atom. The molecule has 0 aliphatic carbocycles. The minimum Gasteiger partial charge on any atom is -0.408 e. The Labute approximate surface area is 206 Å². The van der Waals surface area contributed by atoms with Crippen molar-refractivity contribution in [2.24, 2.45) is 0 Å². The van der Waals surface area contributed by atoms with Gasteiger partial charge in [-0.15, -0.1) is 0 Å². The second-order valence-corrected chi connectivity index (χ2v) is 10.9. The lowest BCUT2D eigenvalue weighted by Gasteiger charge is -2.31. The topological polar surface area (TPSA) is 102 Å². The van der Waals surface area contributed by atoms with Gasteiger partial charge in [-0.25, -0.2) is 0 Å². The van der Waals surface area contributed by atoms with Crippen LogP contribution in [0, 0.1) is 0 Å². The van der Waals surface area contributed by atoms with Crippen molar-refractivity contribution in [2.45, 2.75) is 127 Å². The molecule has 0 radical (unpaired) electrons. The highest BCUT2D eigenvalue weighted by Gasteiger charge is 2.63. The van der Waals surface area contributed by atoms with E-state index in [4.69, 9.17) is 51.8 Å². The maximum Gasteiger partial charge on any atom is 0.457 e. The van der Waals surface area contributed by atoms with Crippen molar-refractivity contribution >= 4 is 14.2 Å². The van der Waals surface area contributed by atoms with E-state index in [0.29, 0.717) is 13.2 Å². The molecule has 13 heteroatoms. The molecule has 0 aromatic heterocycles. The molecule has 11 nitrogen and oxygen atoms in total. The van der Waals surface area contributed by atoms with Gasteiger partial charge in [0.15, 0.2) is 24.2 Å². The summed E-state index contributed by atoms with van der Waals surface area (Å²) in [4.78, 5) is 0. The van der Waals surface area contributed by atoms with Gasteiger partial charge in [-0.3, -0.25) is 0 Å². The highest BCUT2D eigenvalue weighted by Crippen LogP contribution is 2.45. The van der Waals surface area contributed by atoms with E-state index in [0.717, 1.165) is 12.6 Å². The lowest BCUT2D eigenvalue weighted by atomic mass is 9.86. The van der Waals surface area contributed by atoms with Crippen LogP contribution < -0.4 is 0 Å². The summed E-state index contributed by atoms with van der Waals surface area (Å²) in [5.41, 5.74) is 0. The summed E-state index contributed by atoms with van der Waals surface area (Å²) < 4.78 is 67.7. The monoisotopic (exact) mass is 498 g/mol. The highest BCUT2D eigenvalue weighted by atomic mass is 16.9. The standard InChI is InChI=1S/C22H36B2O11/c1-7-23-26-10-12(33-23)14-16-18(35-24(8-2)34-16)19(27-14)29-15-13(11-9-25-21(3,4)30-11)28-20-17(15)31-22(5,6)32-20/h11-20H,7-10H2,1-6H3. The van der Waals surface area contributed by atoms with Crippen LogP contribution in [0.3, 0.4) is 0 Å². The molecule has 0 saturated carbocycles. The lowest BCUT2D eigenvalue weighted by molar-refractivity contribution is -0.261. The van der Waals surface area contributed by atoms with Gasteiger partial charge in [-0.2, -0.15) is 0 Å². The van der Waals surface area contributed by atoms with Crippen LogP contribution in [0.1, 0.15) is 41.5 Å². The van der Waals surface area contributed by atoms with Crippen LogP contribution in [0.15, 0.2) is 0 Å². The molecule has 0 spiro atoms. The van der Waals surface area contributed by atoms with E-state index in [9.17, 15) is 0 Å². The molecule has 0 bridgehead atoms. The van der Waals surface area contributed by atoms with Crippen molar-refractivity contribution in [3.8, 4) is 0 Å². The predicted molar refractivity (Wildman–Crippen MR) is 120 cm³/mol. The number of ether oxygens (including phenoxy) is 7. The zero-order chi connectivity index (χ0) is 24.5. The van der Waals surface area contributed by atoms with Crippen LogP contribution in [0.4, 0.5) is 0 Å². The SMILES string of the molecule is CCB1OCC(C2OC(OC3C(C4COC(C)(C)O4)OC4OC(C)(C)OC43)C3OB(CC)OC23)O1. The van der Waals surface area contributed by atoms with Crippen LogP contribution in [-0.2, 0) is 51.8 Å². The minimum atomic E-state index is -0.791. The van der Waals surface area contributed by atoms with Crippen LogP contribution in [-0.4, -0.2) is 100 Å². The van der Waals surface area contributed by atoms with Gasteiger partial charge in [-0.05, 0) is 40.3 Å². The molecule has 10 atom stereocenters. The smallest absolute Gasteiger partial charge is 0.408 e. The first-order chi connectivity index (χ1) is 16.7. The second kappa shape index (κ2) is 9.16. The van der Waals surface area contributed by atoms with Gasteiger partial charge in [0.2, 0.25) is 0 Å². The third-order valence-corrected chi connectivity index (χ3v) is 7.35. The van der Waals surface area contributed by atoms with E-state index >= 15 is 0 Å². The summed E-state index contributed by atoms with van der Waals surface area (Å²) >= 11 is 0. The van der Waals surface area contributed by atoms with Crippen LogP contribution >= 0.6 is 0 Å². The van der Waals surface area contributed by atoms with E-state index in [1.165, 1.54) is 0 Å². The molecule has 6 aliphatic heterocycles. The fraction of sp³-hybridized carbons (Fsp3) is 1.00. The van der Waals surface area contributed by atoms with Gasteiger partial charge >= 0.3 is 14.2 Å². The first-order valence-electron chi connectivity index (χ1n) is 12.9. The molecule has 6 rings (SSSR count). The summed E-state index contributed by atoms with van der Waals surface area (Å²) in [6.07, 6.45) is -2.97. The maximum absolute atomic E-state index is 6.63. The van der Waals surface area contributed by atoms with E-state index in [1.54, 1.807) is 0 Å². The molecule has 0 aromatic rings. The zero-order valence-electron chi connectivity index (χ0n) is 21.2. The normalized spacial score (nSPS) is 48.2. The van der Waals surface area contributed by atoms with Crippen LogP contribution in [0.5, 0.6) is 0 Å². The summed E-state index contributed by atoms with van der Waals surface area (Å²) in [6, 6.07) is 0. The third-order valence-electron chi connectivity index (χ3n) is 7.35. The third kappa shape index (κ3) is 4.61. The molecule has 35 heavy (non-hydrogen) atoms. The summed E-state index contributed by atoms with van der Waals surface area (Å²) in [5.74, 6) is -1.50. The first-order valence-corrected chi connectivity index (χ1v) is 12.9. The van der Waals surface area contributed by atoms with E-state index < -0.39 is 48.6 Å². The number of rotatable bonds is 6. The van der Waals surface area contributed by atoms with Gasteiger partial charge in [0.05, 0.1) is 19.3 Å². The molecule has 0 aromatic carbocycles. The van der Waals surface area contributed by atoms with Crippen molar-refractivity contribution in [1.82, 2.24) is 0 Å². The molecule has 6 heterocycles. The van der Waals surface area contributed by atoms with Crippen molar-refractivity contribution in [1.29, 1.82) is 0 Å². The zero-order valence-corrected chi connectivity index (χ0v) is 21.2. The molecule has 10 unspecified atom stereocenters. The quantitative estimate of drug-likeness (QED) is 0.496. The Morgan fingerprint density at radius 2 is 1.49 bits per heavy atom. The van der Waals surface area contributed by atoms with Crippen LogP contribution in [0.25, 0.3) is 0 Å². The Balaban J connectivity index is 1.22. The van der Waals surface area contributed by atoms with Gasteiger partial charge in [0.1, 0.15) is 42.7 Å². The lowest BCUT2D eigenvalue weighted by Crippen LogP contribution is -2.47. The minimum absolute atomic E-state index is 0.242. The van der Waals surface area contributed by atoms with E-state index in [1.807, 2.05) is 41.5 Å². The molecule has 0 amide bonds. The van der Waals surface area contributed by atoms with Gasteiger partial charge in [-0.1, -0.05) is 13.8 Å². The molecular formula is C22H36B2O11. The number of fused-ring (bicyclic) bond motifs is 2. The Kier molecular flexibility index (Phi) is 6.54. The fourth-order valence-corrected chi connectivity index (χ4v) is 5.78. The van der Waals surface area contributed by atoms with Crippen molar-refractivity contribution in [3.05, 3.63) is 0 Å². The summed E-state index contributed by atoms with van der Waals surface area (Å²) in [6.45, 7) is 12.3. The first kappa shape index (κ1) is 25.0. The summed E-state index contributed by atoms with van der Waals surface area (Å²) in [5, 5.41) is 0. The molecule has 0 N–H and O–H groups in total. The van der Waals surface area contributed by atoms with Gasteiger partial charge in [0.25, 0.3) is 0 Å². The largest absolute Gasteiger partial charge is 0.457 e. The molecule has 6 fully saturated rings. The molecule has 6 saturated heterocycles. The Bertz CT molecular complexity index is 787.